The van der Waals surface area contributed by atoms with Crippen LogP contribution in [0.4, 0.5) is 11.4 Å². The Bertz CT molecular complexity index is 617. The molecule has 0 spiro atoms. The fourth-order valence-electron chi connectivity index (χ4n) is 1.61. The van der Waals surface area contributed by atoms with Crippen LogP contribution in [0.25, 0.3) is 0 Å². The van der Waals surface area contributed by atoms with Crippen LogP contribution in [-0.4, -0.2) is 42.4 Å². The number of aliphatic hydroxyl groups is 1. The molecule has 21 heavy (non-hydrogen) atoms. The molecule has 10 heteroatoms. The molecular formula is C11H18N4O5S. The Morgan fingerprint density at radius 2 is 2.14 bits per heavy atom. The zero-order valence-corrected chi connectivity index (χ0v) is 12.5. The number of rotatable bonds is 7. The molecule has 1 aromatic carbocycles. The lowest BCUT2D eigenvalue weighted by Gasteiger charge is -2.19. The van der Waals surface area contributed by atoms with Crippen molar-refractivity contribution in [3.8, 4) is 0 Å². The summed E-state index contributed by atoms with van der Waals surface area (Å²) in [6.45, 7) is 1.62. The van der Waals surface area contributed by atoms with Crippen LogP contribution in [0.15, 0.2) is 23.1 Å². The van der Waals surface area contributed by atoms with Gasteiger partial charge >= 0.3 is 0 Å². The van der Waals surface area contributed by atoms with Gasteiger partial charge in [0.15, 0.2) is 0 Å². The number of nitrogen functional groups attached to an aromatic ring is 1. The fraction of sp³-hybridized carbons (Fsp3) is 0.455. The molecule has 1 unspecified atom stereocenters. The highest BCUT2D eigenvalue weighted by molar-refractivity contribution is 7.89. The first-order chi connectivity index (χ1) is 9.70. The minimum absolute atomic E-state index is 0.0597. The highest BCUT2D eigenvalue weighted by Crippen LogP contribution is 2.28. The third kappa shape index (κ3) is 4.11. The first kappa shape index (κ1) is 17.3. The summed E-state index contributed by atoms with van der Waals surface area (Å²) in [5, 5.41) is 20.0. The van der Waals surface area contributed by atoms with Gasteiger partial charge in [0.1, 0.15) is 4.90 Å². The van der Waals surface area contributed by atoms with E-state index in [1.165, 1.54) is 13.1 Å². The quantitative estimate of drug-likeness (QED) is 0.372. The number of nitrogens with two attached hydrogens (primary N) is 1. The van der Waals surface area contributed by atoms with Crippen molar-refractivity contribution < 1.29 is 18.4 Å². The average Bonchev–Trinajstić information content (AvgIpc) is 2.43. The van der Waals surface area contributed by atoms with E-state index in [1.54, 1.807) is 6.92 Å². The van der Waals surface area contributed by atoms with Crippen molar-refractivity contribution in [3.05, 3.63) is 28.3 Å². The molecule has 0 aromatic heterocycles. The van der Waals surface area contributed by atoms with Crippen LogP contribution in [0.3, 0.4) is 0 Å². The smallest absolute Gasteiger partial charge is 0.270 e. The van der Waals surface area contributed by atoms with E-state index in [2.05, 4.69) is 5.43 Å². The highest BCUT2D eigenvalue weighted by Gasteiger charge is 2.26. The molecule has 0 aliphatic carbocycles. The van der Waals surface area contributed by atoms with E-state index >= 15 is 0 Å². The largest absolute Gasteiger partial charge is 0.393 e. The van der Waals surface area contributed by atoms with Gasteiger partial charge in [-0.2, -0.15) is 0 Å². The maximum Gasteiger partial charge on any atom is 0.270 e. The Morgan fingerprint density at radius 3 is 2.62 bits per heavy atom. The van der Waals surface area contributed by atoms with E-state index in [-0.39, 0.29) is 29.2 Å². The molecule has 0 aliphatic rings. The second-order valence-corrected chi connectivity index (χ2v) is 6.56. The van der Waals surface area contributed by atoms with Gasteiger partial charge in [-0.1, -0.05) is 0 Å². The molecule has 0 saturated carbocycles. The van der Waals surface area contributed by atoms with Crippen LogP contribution < -0.4 is 11.3 Å². The lowest BCUT2D eigenvalue weighted by Crippen LogP contribution is -2.30. The van der Waals surface area contributed by atoms with Crippen molar-refractivity contribution >= 4 is 21.4 Å². The maximum absolute atomic E-state index is 12.4. The summed E-state index contributed by atoms with van der Waals surface area (Å²) in [6, 6.07) is 3.33. The zero-order chi connectivity index (χ0) is 16.2. The molecule has 0 fully saturated rings. The normalized spacial score (nSPS) is 13.2. The summed E-state index contributed by atoms with van der Waals surface area (Å²) in [5.41, 5.74) is 1.92. The van der Waals surface area contributed by atoms with Crippen molar-refractivity contribution in [1.82, 2.24) is 4.31 Å². The SMILES string of the molecule is CC(O)CCN(C)S(=O)(=O)c1cc([N+](=O)[O-])ccc1NN. The van der Waals surface area contributed by atoms with Gasteiger partial charge in [0.2, 0.25) is 10.0 Å². The topological polar surface area (TPSA) is 139 Å². The predicted molar refractivity (Wildman–Crippen MR) is 77.0 cm³/mol. The van der Waals surface area contributed by atoms with Crippen molar-refractivity contribution in [2.75, 3.05) is 19.0 Å². The summed E-state index contributed by atoms with van der Waals surface area (Å²) >= 11 is 0. The second-order valence-electron chi connectivity index (χ2n) is 4.55. The zero-order valence-electron chi connectivity index (χ0n) is 11.7. The van der Waals surface area contributed by atoms with Gasteiger partial charge < -0.3 is 10.5 Å². The molecule has 118 valence electrons. The van der Waals surface area contributed by atoms with Gasteiger partial charge in [-0.25, -0.2) is 12.7 Å². The van der Waals surface area contributed by atoms with Gasteiger partial charge in [0, 0.05) is 25.7 Å². The van der Waals surface area contributed by atoms with Gasteiger partial charge in [-0.15, -0.1) is 0 Å². The second kappa shape index (κ2) is 6.80. The fourth-order valence-corrected chi connectivity index (χ4v) is 2.97. The van der Waals surface area contributed by atoms with E-state index in [9.17, 15) is 23.6 Å². The van der Waals surface area contributed by atoms with Gasteiger partial charge in [0.25, 0.3) is 5.69 Å². The summed E-state index contributed by atoms with van der Waals surface area (Å²) in [6.07, 6.45) is -0.407. The Morgan fingerprint density at radius 1 is 1.52 bits per heavy atom. The number of nitrogens with zero attached hydrogens (tertiary/aromatic N) is 2. The lowest BCUT2D eigenvalue weighted by atomic mass is 10.3. The molecule has 0 heterocycles. The molecule has 0 bridgehead atoms. The minimum atomic E-state index is -3.96. The minimum Gasteiger partial charge on any atom is -0.393 e. The van der Waals surface area contributed by atoms with E-state index in [4.69, 9.17) is 5.84 Å². The van der Waals surface area contributed by atoms with Crippen LogP contribution in [0.2, 0.25) is 0 Å². The summed E-state index contributed by atoms with van der Waals surface area (Å²) in [4.78, 5) is 9.81. The Kier molecular flexibility index (Phi) is 5.61. The van der Waals surface area contributed by atoms with E-state index in [1.807, 2.05) is 0 Å². The number of nitro groups is 1. The lowest BCUT2D eigenvalue weighted by molar-refractivity contribution is -0.385. The number of anilines is 1. The van der Waals surface area contributed by atoms with Gasteiger partial charge in [-0.05, 0) is 19.4 Å². The number of nitrogens with one attached hydrogen (secondary N) is 1. The Balaban J connectivity index is 3.22. The monoisotopic (exact) mass is 318 g/mol. The van der Waals surface area contributed by atoms with E-state index < -0.39 is 21.1 Å². The van der Waals surface area contributed by atoms with Crippen molar-refractivity contribution in [1.29, 1.82) is 0 Å². The number of sulfonamides is 1. The number of benzene rings is 1. The molecule has 9 nitrogen and oxygen atoms in total. The highest BCUT2D eigenvalue weighted by atomic mass is 32.2. The van der Waals surface area contributed by atoms with Crippen LogP contribution in [-0.2, 0) is 10.0 Å². The third-order valence-corrected chi connectivity index (χ3v) is 4.78. The maximum atomic E-state index is 12.4. The molecule has 4 N–H and O–H groups in total. The Hall–Kier alpha value is -1.75. The predicted octanol–water partition coefficient (Wildman–Crippen LogP) is 0.272. The van der Waals surface area contributed by atoms with E-state index in [0.29, 0.717) is 0 Å². The molecule has 0 aliphatic heterocycles. The standard InChI is InChI=1S/C11H18N4O5S/c1-8(16)5-6-14(2)21(19,20)11-7-9(15(17)18)3-4-10(11)13-12/h3-4,7-8,13,16H,5-6,12H2,1-2H3. The number of hydrogen-bond acceptors (Lipinski definition) is 7. The average molecular weight is 318 g/mol. The summed E-state index contributed by atoms with van der Waals surface area (Å²) < 4.78 is 25.9. The Labute approximate surface area is 122 Å². The molecular weight excluding hydrogens is 300 g/mol. The van der Waals surface area contributed by atoms with Crippen LogP contribution in [0.5, 0.6) is 0 Å². The van der Waals surface area contributed by atoms with Crippen molar-refractivity contribution in [2.45, 2.75) is 24.3 Å². The first-order valence-corrected chi connectivity index (χ1v) is 7.53. The van der Waals surface area contributed by atoms with Crippen LogP contribution >= 0.6 is 0 Å². The van der Waals surface area contributed by atoms with Gasteiger partial charge in [0.05, 0.1) is 16.7 Å². The molecule has 0 amide bonds. The number of aliphatic hydroxyl groups excluding tert-OH is 1. The molecule has 0 radical (unpaired) electrons. The molecule has 1 rings (SSSR count). The molecule has 1 atom stereocenters. The van der Waals surface area contributed by atoms with Crippen molar-refractivity contribution in [3.63, 3.8) is 0 Å². The third-order valence-electron chi connectivity index (χ3n) is 2.88. The summed E-state index contributed by atoms with van der Waals surface area (Å²) in [7, 11) is -2.63. The van der Waals surface area contributed by atoms with Gasteiger partial charge in [-0.3, -0.25) is 16.0 Å². The number of nitro benzene ring substituents is 1. The number of non-ortho nitro benzene ring substituents is 1. The van der Waals surface area contributed by atoms with E-state index in [0.717, 1.165) is 16.4 Å². The molecule has 1 aromatic rings. The molecule has 0 saturated heterocycles. The first-order valence-electron chi connectivity index (χ1n) is 6.09. The summed E-state index contributed by atoms with van der Waals surface area (Å²) in [5.74, 6) is 5.25. The number of hydrogen-bond donors (Lipinski definition) is 3. The van der Waals surface area contributed by atoms with Crippen LogP contribution in [0, 0.1) is 10.1 Å². The van der Waals surface area contributed by atoms with Crippen molar-refractivity contribution in [2.24, 2.45) is 5.84 Å². The number of hydrazine groups is 1. The van der Waals surface area contributed by atoms with Crippen LogP contribution in [0.1, 0.15) is 13.3 Å².